The van der Waals surface area contributed by atoms with Crippen LogP contribution in [-0.2, 0) is 9.53 Å². The van der Waals surface area contributed by atoms with Crippen molar-refractivity contribution in [1.29, 1.82) is 0 Å². The second kappa shape index (κ2) is 10.8. The summed E-state index contributed by atoms with van der Waals surface area (Å²) in [6.45, 7) is 5.36. The molecule has 8 heteroatoms. The Morgan fingerprint density at radius 2 is 1.33 bits per heavy atom. The number of carbonyl (C=O) groups excluding carboxylic acids is 3. The monoisotopic (exact) mass is 412 g/mol. The standard InChI is InChI=1S/C22H28N4O4/c1-5-26(6-2)19-13-7-16(8-14-19)21(28)24-23-20(27)15-30-22(29)17-9-11-18(12-10-17)25(3)4/h7-14H,5-6,15H2,1-4H3,(H,23,27)(H,24,28). The molecule has 2 amide bonds. The van der Waals surface area contributed by atoms with E-state index in [1.165, 1.54) is 0 Å². The largest absolute Gasteiger partial charge is 0.452 e. The maximum absolute atomic E-state index is 12.2. The van der Waals surface area contributed by atoms with Crippen LogP contribution >= 0.6 is 0 Å². The molecule has 2 aromatic rings. The highest BCUT2D eigenvalue weighted by Gasteiger charge is 2.12. The molecule has 0 heterocycles. The predicted molar refractivity (Wildman–Crippen MR) is 117 cm³/mol. The summed E-state index contributed by atoms with van der Waals surface area (Å²) >= 11 is 0. The van der Waals surface area contributed by atoms with Crippen LogP contribution in [0, 0.1) is 0 Å². The van der Waals surface area contributed by atoms with Crippen molar-refractivity contribution in [1.82, 2.24) is 10.9 Å². The third-order valence-electron chi connectivity index (χ3n) is 4.53. The number of hydrazine groups is 1. The molecule has 2 aromatic carbocycles. The lowest BCUT2D eigenvalue weighted by molar-refractivity contribution is -0.125. The zero-order chi connectivity index (χ0) is 22.1. The molecule has 0 aliphatic carbocycles. The second-order valence-electron chi connectivity index (χ2n) is 6.74. The first-order valence-corrected chi connectivity index (χ1v) is 9.74. The van der Waals surface area contributed by atoms with E-state index in [-0.39, 0.29) is 0 Å². The zero-order valence-electron chi connectivity index (χ0n) is 17.8. The Morgan fingerprint density at radius 3 is 1.87 bits per heavy atom. The summed E-state index contributed by atoms with van der Waals surface area (Å²) in [5.74, 6) is -1.71. The minimum Gasteiger partial charge on any atom is -0.452 e. The molecule has 0 aliphatic rings. The number of carbonyl (C=O) groups is 3. The van der Waals surface area contributed by atoms with Gasteiger partial charge in [-0.15, -0.1) is 0 Å². The van der Waals surface area contributed by atoms with Crippen LogP contribution in [0.5, 0.6) is 0 Å². The summed E-state index contributed by atoms with van der Waals surface area (Å²) in [5.41, 5.74) is 7.26. The van der Waals surface area contributed by atoms with Crippen LogP contribution in [-0.4, -0.2) is 51.6 Å². The molecular formula is C22H28N4O4. The van der Waals surface area contributed by atoms with E-state index >= 15 is 0 Å². The fraction of sp³-hybridized carbons (Fsp3) is 0.318. The fourth-order valence-corrected chi connectivity index (χ4v) is 2.76. The number of rotatable bonds is 8. The topological polar surface area (TPSA) is 91.0 Å². The number of ether oxygens (including phenoxy) is 1. The minimum atomic E-state index is -0.638. The number of hydrogen-bond acceptors (Lipinski definition) is 6. The van der Waals surface area contributed by atoms with Gasteiger partial charge in [-0.05, 0) is 62.4 Å². The van der Waals surface area contributed by atoms with E-state index in [0.29, 0.717) is 11.1 Å². The zero-order valence-corrected chi connectivity index (χ0v) is 17.8. The van der Waals surface area contributed by atoms with E-state index in [0.717, 1.165) is 24.5 Å². The number of nitrogens with one attached hydrogen (secondary N) is 2. The molecule has 160 valence electrons. The van der Waals surface area contributed by atoms with Gasteiger partial charge in [0, 0.05) is 44.1 Å². The van der Waals surface area contributed by atoms with E-state index in [9.17, 15) is 14.4 Å². The first-order valence-electron chi connectivity index (χ1n) is 9.74. The van der Waals surface area contributed by atoms with Crippen molar-refractivity contribution in [3.63, 3.8) is 0 Å². The molecular weight excluding hydrogens is 384 g/mol. The van der Waals surface area contributed by atoms with E-state index in [1.54, 1.807) is 36.4 Å². The quantitative estimate of drug-likeness (QED) is 0.510. The van der Waals surface area contributed by atoms with Crippen molar-refractivity contribution in [2.24, 2.45) is 0 Å². The number of anilines is 2. The van der Waals surface area contributed by atoms with Gasteiger partial charge < -0.3 is 14.5 Å². The van der Waals surface area contributed by atoms with Gasteiger partial charge in [0.25, 0.3) is 11.8 Å². The number of esters is 1. The molecule has 2 N–H and O–H groups in total. The fourth-order valence-electron chi connectivity index (χ4n) is 2.76. The Labute approximate surface area is 176 Å². The number of nitrogens with zero attached hydrogens (tertiary/aromatic N) is 2. The minimum absolute atomic E-state index is 0.339. The number of amides is 2. The molecule has 8 nitrogen and oxygen atoms in total. The van der Waals surface area contributed by atoms with Crippen LogP contribution in [0.15, 0.2) is 48.5 Å². The predicted octanol–water partition coefficient (Wildman–Crippen LogP) is 2.22. The molecule has 0 saturated heterocycles. The normalized spacial score (nSPS) is 10.1. The van der Waals surface area contributed by atoms with Gasteiger partial charge in [-0.3, -0.25) is 20.4 Å². The molecule has 0 bridgehead atoms. The first-order chi connectivity index (χ1) is 14.3. The molecule has 0 fully saturated rings. The average Bonchev–Trinajstić information content (AvgIpc) is 2.77. The summed E-state index contributed by atoms with van der Waals surface area (Å²) in [6, 6.07) is 13.9. The van der Waals surface area contributed by atoms with E-state index < -0.39 is 24.4 Å². The van der Waals surface area contributed by atoms with Gasteiger partial charge in [0.15, 0.2) is 6.61 Å². The van der Waals surface area contributed by atoms with Gasteiger partial charge in [-0.25, -0.2) is 4.79 Å². The Kier molecular flexibility index (Phi) is 8.22. The Balaban J connectivity index is 1.79. The third kappa shape index (κ3) is 6.23. The van der Waals surface area contributed by atoms with Crippen LogP contribution in [0.3, 0.4) is 0 Å². The Bertz CT molecular complexity index is 860. The van der Waals surface area contributed by atoms with Gasteiger partial charge in [-0.2, -0.15) is 0 Å². The lowest BCUT2D eigenvalue weighted by Crippen LogP contribution is -2.43. The van der Waals surface area contributed by atoms with Crippen molar-refractivity contribution in [2.75, 3.05) is 43.6 Å². The third-order valence-corrected chi connectivity index (χ3v) is 4.53. The first kappa shape index (κ1) is 22.7. The highest BCUT2D eigenvalue weighted by atomic mass is 16.5. The van der Waals surface area contributed by atoms with Gasteiger partial charge in [-0.1, -0.05) is 0 Å². The molecule has 0 aromatic heterocycles. The van der Waals surface area contributed by atoms with Crippen LogP contribution in [0.1, 0.15) is 34.6 Å². The lowest BCUT2D eigenvalue weighted by atomic mass is 10.2. The van der Waals surface area contributed by atoms with Gasteiger partial charge in [0.2, 0.25) is 0 Å². The van der Waals surface area contributed by atoms with Crippen molar-refractivity contribution in [3.8, 4) is 0 Å². The average molecular weight is 412 g/mol. The second-order valence-corrected chi connectivity index (χ2v) is 6.74. The maximum atomic E-state index is 12.2. The van der Waals surface area contributed by atoms with Crippen LogP contribution in [0.4, 0.5) is 11.4 Å². The maximum Gasteiger partial charge on any atom is 0.338 e. The summed E-state index contributed by atoms with van der Waals surface area (Å²) in [6.07, 6.45) is 0. The van der Waals surface area contributed by atoms with Crippen LogP contribution in [0.2, 0.25) is 0 Å². The summed E-state index contributed by atoms with van der Waals surface area (Å²) in [4.78, 5) is 40.1. The molecule has 0 atom stereocenters. The molecule has 0 radical (unpaired) electrons. The SMILES string of the molecule is CCN(CC)c1ccc(C(=O)NNC(=O)COC(=O)c2ccc(N(C)C)cc2)cc1. The molecule has 0 aliphatic heterocycles. The van der Waals surface area contributed by atoms with Gasteiger partial charge in [0.1, 0.15) is 0 Å². The van der Waals surface area contributed by atoms with Crippen molar-refractivity contribution in [2.45, 2.75) is 13.8 Å². The lowest BCUT2D eigenvalue weighted by Gasteiger charge is -2.21. The van der Waals surface area contributed by atoms with Crippen molar-refractivity contribution < 1.29 is 19.1 Å². The van der Waals surface area contributed by atoms with E-state index in [1.807, 2.05) is 31.1 Å². The van der Waals surface area contributed by atoms with Gasteiger partial charge in [0.05, 0.1) is 5.56 Å². The summed E-state index contributed by atoms with van der Waals surface area (Å²) < 4.78 is 4.97. The Morgan fingerprint density at radius 1 is 0.800 bits per heavy atom. The Hall–Kier alpha value is -3.55. The summed E-state index contributed by atoms with van der Waals surface area (Å²) in [5, 5.41) is 0. The molecule has 0 spiro atoms. The van der Waals surface area contributed by atoms with Crippen LogP contribution in [0.25, 0.3) is 0 Å². The molecule has 30 heavy (non-hydrogen) atoms. The smallest absolute Gasteiger partial charge is 0.338 e. The molecule has 0 unspecified atom stereocenters. The van der Waals surface area contributed by atoms with E-state index in [4.69, 9.17) is 4.74 Å². The van der Waals surface area contributed by atoms with Crippen molar-refractivity contribution in [3.05, 3.63) is 59.7 Å². The van der Waals surface area contributed by atoms with Crippen LogP contribution < -0.4 is 20.7 Å². The van der Waals surface area contributed by atoms with E-state index in [2.05, 4.69) is 29.6 Å². The molecule has 2 rings (SSSR count). The number of benzene rings is 2. The highest BCUT2D eigenvalue weighted by molar-refractivity contribution is 5.96. The summed E-state index contributed by atoms with van der Waals surface area (Å²) in [7, 11) is 3.79. The highest BCUT2D eigenvalue weighted by Crippen LogP contribution is 2.15. The molecule has 0 saturated carbocycles. The van der Waals surface area contributed by atoms with Crippen molar-refractivity contribution >= 4 is 29.2 Å². The van der Waals surface area contributed by atoms with Gasteiger partial charge >= 0.3 is 5.97 Å². The number of hydrogen-bond donors (Lipinski definition) is 2.